The van der Waals surface area contributed by atoms with E-state index in [0.717, 1.165) is 0 Å². The van der Waals surface area contributed by atoms with Gasteiger partial charge in [0.1, 0.15) is 0 Å². The second kappa shape index (κ2) is 4.69. The van der Waals surface area contributed by atoms with E-state index in [9.17, 15) is 0 Å². The summed E-state index contributed by atoms with van der Waals surface area (Å²) in [4.78, 5) is 0. The highest BCUT2D eigenvalue weighted by Crippen LogP contribution is 1.92. The molecule has 0 aliphatic rings. The highest BCUT2D eigenvalue weighted by atomic mass is 15.0. The van der Waals surface area contributed by atoms with Crippen LogP contribution in [0.5, 0.6) is 0 Å². The Balaban J connectivity index is 3.50. The van der Waals surface area contributed by atoms with Crippen LogP contribution in [-0.4, -0.2) is 25.2 Å². The molecule has 2 unspecified atom stereocenters. The maximum Gasteiger partial charge on any atom is 0.0192 e. The molecule has 0 aliphatic carbocycles. The summed E-state index contributed by atoms with van der Waals surface area (Å²) in [6.07, 6.45) is 0. The Morgan fingerprint density at radius 3 is 1.70 bits per heavy atom. The van der Waals surface area contributed by atoms with Crippen molar-refractivity contribution in [1.82, 2.24) is 10.6 Å². The van der Waals surface area contributed by atoms with E-state index in [1.54, 1.807) is 0 Å². The van der Waals surface area contributed by atoms with Crippen LogP contribution >= 0.6 is 0 Å². The van der Waals surface area contributed by atoms with Crippen LogP contribution in [0.15, 0.2) is 0 Å². The molecule has 0 aromatic carbocycles. The molecule has 0 heterocycles. The first-order chi connectivity index (χ1) is 4.57. The molecule has 0 fully saturated rings. The van der Waals surface area contributed by atoms with Gasteiger partial charge >= 0.3 is 0 Å². The minimum absolute atomic E-state index is 0.544. The number of hydrogen-bond acceptors (Lipinski definition) is 2. The predicted octanol–water partition coefficient (Wildman–Crippen LogP) is 0.981. The summed E-state index contributed by atoms with van der Waals surface area (Å²) in [6, 6.07) is 1.66. The van der Waals surface area contributed by atoms with Gasteiger partial charge < -0.3 is 10.6 Å². The van der Waals surface area contributed by atoms with E-state index in [0.29, 0.717) is 18.1 Å². The predicted molar refractivity (Wildman–Crippen MR) is 46.3 cm³/mol. The molecule has 2 heteroatoms. The molecule has 0 aromatic rings. The average molecular weight is 144 g/mol. The Labute approximate surface area is 64.4 Å². The van der Waals surface area contributed by atoms with Gasteiger partial charge in [0.15, 0.2) is 0 Å². The third-order valence-corrected chi connectivity index (χ3v) is 1.80. The van der Waals surface area contributed by atoms with E-state index in [4.69, 9.17) is 0 Å². The summed E-state index contributed by atoms with van der Waals surface area (Å²) < 4.78 is 0. The van der Waals surface area contributed by atoms with Crippen LogP contribution in [0.25, 0.3) is 0 Å². The smallest absolute Gasteiger partial charge is 0.0192 e. The zero-order valence-corrected chi connectivity index (χ0v) is 7.73. The van der Waals surface area contributed by atoms with Crippen LogP contribution in [-0.2, 0) is 0 Å². The van der Waals surface area contributed by atoms with Gasteiger partial charge in [-0.25, -0.2) is 0 Å². The van der Waals surface area contributed by atoms with Gasteiger partial charge in [-0.15, -0.1) is 0 Å². The molecule has 0 aliphatic heterocycles. The van der Waals surface area contributed by atoms with E-state index in [-0.39, 0.29) is 0 Å². The molecule has 0 spiro atoms. The zero-order valence-electron chi connectivity index (χ0n) is 7.73. The van der Waals surface area contributed by atoms with Crippen LogP contribution in [0.3, 0.4) is 0 Å². The Morgan fingerprint density at radius 2 is 1.40 bits per heavy atom. The lowest BCUT2D eigenvalue weighted by Crippen LogP contribution is -2.45. The molecule has 0 saturated carbocycles. The van der Waals surface area contributed by atoms with Crippen molar-refractivity contribution in [3.8, 4) is 0 Å². The Hall–Kier alpha value is -0.0800. The van der Waals surface area contributed by atoms with Crippen LogP contribution in [0.2, 0.25) is 0 Å². The number of rotatable bonds is 4. The SMILES string of the molecule is CNC(C)C(C)NC(C)C. The number of likely N-dealkylation sites (N-methyl/N-ethyl adjacent to an activating group) is 1. The van der Waals surface area contributed by atoms with Gasteiger partial charge in [0.05, 0.1) is 0 Å². The first kappa shape index (κ1) is 9.92. The van der Waals surface area contributed by atoms with E-state index in [1.165, 1.54) is 0 Å². The average Bonchev–Trinajstić information content (AvgIpc) is 1.85. The van der Waals surface area contributed by atoms with Crippen LogP contribution in [0.1, 0.15) is 27.7 Å². The standard InChI is InChI=1S/C8H20N2/c1-6(2)10-8(4)7(3)9-5/h6-10H,1-5H3. The Morgan fingerprint density at radius 1 is 0.900 bits per heavy atom. The van der Waals surface area contributed by atoms with Gasteiger partial charge in [0, 0.05) is 18.1 Å². The van der Waals surface area contributed by atoms with E-state index in [1.807, 2.05) is 7.05 Å². The van der Waals surface area contributed by atoms with Gasteiger partial charge in [-0.2, -0.15) is 0 Å². The molecule has 0 saturated heterocycles. The van der Waals surface area contributed by atoms with Crippen molar-refractivity contribution in [3.05, 3.63) is 0 Å². The lowest BCUT2D eigenvalue weighted by molar-refractivity contribution is 0.402. The van der Waals surface area contributed by atoms with Gasteiger partial charge in [-0.3, -0.25) is 0 Å². The summed E-state index contributed by atoms with van der Waals surface area (Å²) >= 11 is 0. The monoisotopic (exact) mass is 144 g/mol. The highest BCUT2D eigenvalue weighted by molar-refractivity contribution is 4.73. The molecule has 0 aromatic heterocycles. The molecule has 10 heavy (non-hydrogen) atoms. The van der Waals surface area contributed by atoms with Crippen molar-refractivity contribution in [2.75, 3.05) is 7.05 Å². The molecule has 0 amide bonds. The summed E-state index contributed by atoms with van der Waals surface area (Å²) in [5, 5.41) is 6.64. The first-order valence-corrected chi connectivity index (χ1v) is 4.01. The van der Waals surface area contributed by atoms with Gasteiger partial charge in [-0.05, 0) is 20.9 Å². The second-order valence-electron chi connectivity index (χ2n) is 3.19. The van der Waals surface area contributed by atoms with Gasteiger partial charge in [-0.1, -0.05) is 13.8 Å². The molecule has 0 bridgehead atoms. The normalized spacial score (nSPS) is 17.4. The lowest BCUT2D eigenvalue weighted by atomic mass is 10.1. The lowest BCUT2D eigenvalue weighted by Gasteiger charge is -2.22. The summed E-state index contributed by atoms with van der Waals surface area (Å²) in [7, 11) is 1.99. The quantitative estimate of drug-likeness (QED) is 0.614. The van der Waals surface area contributed by atoms with E-state index < -0.39 is 0 Å². The summed E-state index contributed by atoms with van der Waals surface area (Å²) in [5.74, 6) is 0. The maximum absolute atomic E-state index is 3.43. The molecule has 2 N–H and O–H groups in total. The largest absolute Gasteiger partial charge is 0.316 e. The van der Waals surface area contributed by atoms with Crippen molar-refractivity contribution < 1.29 is 0 Å². The molecule has 2 nitrogen and oxygen atoms in total. The molecule has 62 valence electrons. The molecule has 0 radical (unpaired) electrons. The van der Waals surface area contributed by atoms with Crippen molar-refractivity contribution in [2.24, 2.45) is 0 Å². The minimum Gasteiger partial charge on any atom is -0.316 e. The van der Waals surface area contributed by atoms with Crippen LogP contribution in [0.4, 0.5) is 0 Å². The van der Waals surface area contributed by atoms with Crippen molar-refractivity contribution in [3.63, 3.8) is 0 Å². The van der Waals surface area contributed by atoms with Crippen molar-refractivity contribution >= 4 is 0 Å². The molecular formula is C8H20N2. The second-order valence-corrected chi connectivity index (χ2v) is 3.19. The number of nitrogens with one attached hydrogen (secondary N) is 2. The van der Waals surface area contributed by atoms with Crippen molar-refractivity contribution in [2.45, 2.75) is 45.8 Å². The fourth-order valence-corrected chi connectivity index (χ4v) is 0.920. The zero-order chi connectivity index (χ0) is 8.15. The maximum atomic E-state index is 3.43. The topological polar surface area (TPSA) is 24.1 Å². The Kier molecular flexibility index (Phi) is 4.65. The van der Waals surface area contributed by atoms with Crippen molar-refractivity contribution in [1.29, 1.82) is 0 Å². The Bertz CT molecular complexity index is 81.3. The van der Waals surface area contributed by atoms with E-state index in [2.05, 4.69) is 38.3 Å². The fourth-order valence-electron chi connectivity index (χ4n) is 0.920. The molecule has 0 rings (SSSR count). The fraction of sp³-hybridized carbons (Fsp3) is 1.00. The van der Waals surface area contributed by atoms with Gasteiger partial charge in [0.2, 0.25) is 0 Å². The van der Waals surface area contributed by atoms with E-state index >= 15 is 0 Å². The molecule has 2 atom stereocenters. The third kappa shape index (κ3) is 3.85. The summed E-state index contributed by atoms with van der Waals surface area (Å²) in [5.41, 5.74) is 0. The molecular weight excluding hydrogens is 124 g/mol. The third-order valence-electron chi connectivity index (χ3n) is 1.80. The van der Waals surface area contributed by atoms with Crippen LogP contribution < -0.4 is 10.6 Å². The summed E-state index contributed by atoms with van der Waals surface area (Å²) in [6.45, 7) is 8.71. The van der Waals surface area contributed by atoms with Crippen LogP contribution in [0, 0.1) is 0 Å². The minimum atomic E-state index is 0.544. The number of hydrogen-bond donors (Lipinski definition) is 2. The first-order valence-electron chi connectivity index (χ1n) is 4.01. The highest BCUT2D eigenvalue weighted by Gasteiger charge is 2.09. The van der Waals surface area contributed by atoms with Gasteiger partial charge in [0.25, 0.3) is 0 Å².